The molecule has 0 heterocycles. The van der Waals surface area contributed by atoms with Crippen LogP contribution in [0.1, 0.15) is 79.6 Å². The summed E-state index contributed by atoms with van der Waals surface area (Å²) in [6.07, 6.45) is 14.0. The van der Waals surface area contributed by atoms with Gasteiger partial charge in [-0.2, -0.15) is 0 Å². The zero-order valence-corrected chi connectivity index (χ0v) is 14.2. The Morgan fingerprint density at radius 1 is 0.950 bits per heavy atom. The van der Waals surface area contributed by atoms with Gasteiger partial charge in [0.1, 0.15) is 0 Å². The first-order valence-corrected chi connectivity index (χ1v) is 8.46. The van der Waals surface area contributed by atoms with E-state index in [4.69, 9.17) is 0 Å². The summed E-state index contributed by atoms with van der Waals surface area (Å²) in [6, 6.07) is 0. The van der Waals surface area contributed by atoms with Crippen molar-refractivity contribution >= 4 is 0 Å². The van der Waals surface area contributed by atoms with Gasteiger partial charge in [-0.05, 0) is 70.1 Å². The number of allylic oxidation sites excluding steroid dienone is 6. The SMILES string of the molecule is CC1=CCC2(C)CCC(C(C)C)=C2CCC(C)=CCC1. The first-order chi connectivity index (χ1) is 9.42. The van der Waals surface area contributed by atoms with Gasteiger partial charge in [-0.1, -0.05) is 55.2 Å². The zero-order valence-electron chi connectivity index (χ0n) is 14.2. The lowest BCUT2D eigenvalue weighted by Gasteiger charge is -2.28. The van der Waals surface area contributed by atoms with Gasteiger partial charge in [0.15, 0.2) is 0 Å². The smallest absolute Gasteiger partial charge is 0.00759 e. The second-order valence-electron chi connectivity index (χ2n) is 7.56. The molecule has 0 aliphatic heterocycles. The van der Waals surface area contributed by atoms with Crippen molar-refractivity contribution in [2.75, 3.05) is 0 Å². The number of fused-ring (bicyclic) bond motifs is 1. The molecule has 20 heavy (non-hydrogen) atoms. The van der Waals surface area contributed by atoms with Crippen LogP contribution in [-0.2, 0) is 0 Å². The van der Waals surface area contributed by atoms with Gasteiger partial charge in [-0.3, -0.25) is 0 Å². The second-order valence-corrected chi connectivity index (χ2v) is 7.56. The molecule has 0 N–H and O–H groups in total. The van der Waals surface area contributed by atoms with E-state index in [1.165, 1.54) is 44.9 Å². The molecular weight excluding hydrogens is 240 g/mol. The fourth-order valence-electron chi connectivity index (χ4n) is 3.90. The lowest BCUT2D eigenvalue weighted by Crippen LogP contribution is -2.15. The average molecular weight is 272 g/mol. The van der Waals surface area contributed by atoms with Gasteiger partial charge in [-0.25, -0.2) is 0 Å². The fourth-order valence-corrected chi connectivity index (χ4v) is 3.90. The highest BCUT2D eigenvalue weighted by Gasteiger charge is 2.35. The predicted molar refractivity (Wildman–Crippen MR) is 89.8 cm³/mol. The van der Waals surface area contributed by atoms with E-state index in [0.29, 0.717) is 5.41 Å². The van der Waals surface area contributed by atoms with Crippen molar-refractivity contribution in [1.29, 1.82) is 0 Å². The molecule has 0 saturated carbocycles. The molecule has 2 aliphatic carbocycles. The van der Waals surface area contributed by atoms with Crippen LogP contribution < -0.4 is 0 Å². The zero-order chi connectivity index (χ0) is 14.8. The third kappa shape index (κ3) is 3.45. The average Bonchev–Trinajstić information content (AvgIpc) is 2.70. The molecule has 112 valence electrons. The minimum atomic E-state index is 0.436. The Morgan fingerprint density at radius 3 is 2.35 bits per heavy atom. The maximum atomic E-state index is 2.53. The van der Waals surface area contributed by atoms with Gasteiger partial charge in [-0.15, -0.1) is 0 Å². The molecule has 1 atom stereocenters. The molecule has 0 saturated heterocycles. The summed E-state index contributed by atoms with van der Waals surface area (Å²) >= 11 is 0. The highest BCUT2D eigenvalue weighted by atomic mass is 14.4. The van der Waals surface area contributed by atoms with Gasteiger partial charge in [0.05, 0.1) is 0 Å². The maximum absolute atomic E-state index is 2.53. The number of rotatable bonds is 1. The van der Waals surface area contributed by atoms with Crippen molar-refractivity contribution in [3.8, 4) is 0 Å². The molecule has 0 radical (unpaired) electrons. The molecule has 2 rings (SSSR count). The van der Waals surface area contributed by atoms with E-state index < -0.39 is 0 Å². The minimum absolute atomic E-state index is 0.436. The third-order valence-corrected chi connectivity index (χ3v) is 5.46. The normalized spacial score (nSPS) is 28.9. The summed E-state index contributed by atoms with van der Waals surface area (Å²) < 4.78 is 0. The predicted octanol–water partition coefficient (Wildman–Crippen LogP) is 6.60. The van der Waals surface area contributed by atoms with Gasteiger partial charge >= 0.3 is 0 Å². The van der Waals surface area contributed by atoms with Crippen molar-refractivity contribution in [2.45, 2.75) is 79.6 Å². The van der Waals surface area contributed by atoms with E-state index in [-0.39, 0.29) is 0 Å². The third-order valence-electron chi connectivity index (χ3n) is 5.46. The van der Waals surface area contributed by atoms with E-state index >= 15 is 0 Å². The van der Waals surface area contributed by atoms with Crippen molar-refractivity contribution in [2.24, 2.45) is 11.3 Å². The maximum Gasteiger partial charge on any atom is -0.00759 e. The summed E-state index contributed by atoms with van der Waals surface area (Å²) in [5, 5.41) is 0. The first kappa shape index (κ1) is 15.6. The Bertz CT molecular complexity index is 445. The van der Waals surface area contributed by atoms with Crippen LogP contribution in [0.5, 0.6) is 0 Å². The van der Waals surface area contributed by atoms with Crippen molar-refractivity contribution in [3.05, 3.63) is 34.4 Å². The molecule has 0 fully saturated rings. The highest BCUT2D eigenvalue weighted by Crippen LogP contribution is 2.50. The van der Waals surface area contributed by atoms with Crippen LogP contribution in [0.25, 0.3) is 0 Å². The van der Waals surface area contributed by atoms with Crippen LogP contribution in [0.4, 0.5) is 0 Å². The van der Waals surface area contributed by atoms with Crippen molar-refractivity contribution in [1.82, 2.24) is 0 Å². The molecule has 0 aromatic heterocycles. The molecule has 0 nitrogen and oxygen atoms in total. The topological polar surface area (TPSA) is 0 Å². The molecule has 0 aromatic rings. The second kappa shape index (κ2) is 6.33. The van der Waals surface area contributed by atoms with Crippen LogP contribution in [0, 0.1) is 11.3 Å². The Labute approximate surface area is 126 Å². The molecule has 0 aromatic carbocycles. The standard InChI is InChI=1S/C20H32/c1-15(2)18-12-14-20(5)13-11-17(4)8-6-7-16(3)9-10-19(18)20/h7,11,15H,6,8-10,12-14H2,1-5H3. The summed E-state index contributed by atoms with van der Waals surface area (Å²) in [4.78, 5) is 0. The Balaban J connectivity index is 2.35. The van der Waals surface area contributed by atoms with E-state index in [1.807, 2.05) is 0 Å². The van der Waals surface area contributed by atoms with Crippen LogP contribution in [0.3, 0.4) is 0 Å². The molecule has 0 heteroatoms. The largest absolute Gasteiger partial charge is 0.0853 e. The molecule has 0 spiro atoms. The molecule has 0 amide bonds. The van der Waals surface area contributed by atoms with Crippen LogP contribution in [0.2, 0.25) is 0 Å². The Morgan fingerprint density at radius 2 is 1.65 bits per heavy atom. The van der Waals surface area contributed by atoms with Gasteiger partial charge in [0.2, 0.25) is 0 Å². The minimum Gasteiger partial charge on any atom is -0.0853 e. The quantitative estimate of drug-likeness (QED) is 0.472. The van der Waals surface area contributed by atoms with Crippen molar-refractivity contribution in [3.63, 3.8) is 0 Å². The summed E-state index contributed by atoms with van der Waals surface area (Å²) in [5.74, 6) is 0.728. The fraction of sp³-hybridized carbons (Fsp3) is 0.700. The molecule has 2 aliphatic rings. The van der Waals surface area contributed by atoms with Crippen LogP contribution in [0.15, 0.2) is 34.4 Å². The van der Waals surface area contributed by atoms with Crippen LogP contribution >= 0.6 is 0 Å². The monoisotopic (exact) mass is 272 g/mol. The Kier molecular flexibility index (Phi) is 4.94. The van der Waals surface area contributed by atoms with E-state index in [1.54, 1.807) is 22.3 Å². The van der Waals surface area contributed by atoms with Crippen molar-refractivity contribution < 1.29 is 0 Å². The van der Waals surface area contributed by atoms with Gasteiger partial charge in [0, 0.05) is 0 Å². The van der Waals surface area contributed by atoms with Gasteiger partial charge in [0.25, 0.3) is 0 Å². The number of hydrogen-bond acceptors (Lipinski definition) is 0. The lowest BCUT2D eigenvalue weighted by atomic mass is 9.76. The Hall–Kier alpha value is -0.780. The first-order valence-electron chi connectivity index (χ1n) is 8.46. The lowest BCUT2D eigenvalue weighted by molar-refractivity contribution is 0.386. The highest BCUT2D eigenvalue weighted by molar-refractivity contribution is 5.31. The summed E-state index contributed by atoms with van der Waals surface area (Å²) in [7, 11) is 0. The van der Waals surface area contributed by atoms with E-state index in [0.717, 1.165) is 5.92 Å². The van der Waals surface area contributed by atoms with Gasteiger partial charge < -0.3 is 0 Å². The van der Waals surface area contributed by atoms with E-state index in [2.05, 4.69) is 46.8 Å². The van der Waals surface area contributed by atoms with Crippen LogP contribution in [-0.4, -0.2) is 0 Å². The number of hydrogen-bond donors (Lipinski definition) is 0. The summed E-state index contributed by atoms with van der Waals surface area (Å²) in [6.45, 7) is 11.9. The molecular formula is C20H32. The van der Waals surface area contributed by atoms with E-state index in [9.17, 15) is 0 Å². The molecule has 1 unspecified atom stereocenters. The summed E-state index contributed by atoms with van der Waals surface area (Å²) in [5.41, 5.74) is 7.17. The molecule has 0 bridgehead atoms.